The fourth-order valence-electron chi connectivity index (χ4n) is 2.75. The van der Waals surface area contributed by atoms with Crippen LogP contribution in [-0.4, -0.2) is 22.2 Å². The third kappa shape index (κ3) is 1.51. The molecule has 4 heteroatoms. The van der Waals surface area contributed by atoms with E-state index >= 15 is 0 Å². The van der Waals surface area contributed by atoms with Gasteiger partial charge in [0.1, 0.15) is 0 Å². The largest absolute Gasteiger partial charge is 0.388 e. The first-order valence-electron chi connectivity index (χ1n) is 6.58. The molecular weight excluding hydrogens is 248 g/mol. The Kier molecular flexibility index (Phi) is 2.29. The molecule has 2 aromatic carbocycles. The normalized spacial score (nSPS) is 11.2. The molecule has 0 saturated heterocycles. The zero-order valence-electron chi connectivity index (χ0n) is 11.1. The van der Waals surface area contributed by atoms with Crippen molar-refractivity contribution in [1.82, 2.24) is 15.2 Å². The molecule has 0 saturated carbocycles. The van der Waals surface area contributed by atoms with E-state index in [1.807, 2.05) is 19.4 Å². The van der Waals surface area contributed by atoms with E-state index in [1.54, 1.807) is 0 Å². The van der Waals surface area contributed by atoms with Crippen molar-refractivity contribution in [3.63, 3.8) is 0 Å². The molecule has 4 rings (SSSR count). The Hall–Kier alpha value is -2.75. The van der Waals surface area contributed by atoms with Gasteiger partial charge in [0.2, 0.25) is 0 Å². The lowest BCUT2D eigenvalue weighted by Crippen LogP contribution is -1.90. The first-order valence-corrected chi connectivity index (χ1v) is 6.58. The fourth-order valence-corrected chi connectivity index (χ4v) is 2.75. The fraction of sp³-hybridized carbons (Fsp3) is 0.0625. The number of rotatable bonds is 2. The van der Waals surface area contributed by atoms with Gasteiger partial charge in [-0.05, 0) is 35.4 Å². The van der Waals surface area contributed by atoms with E-state index in [1.165, 1.54) is 16.5 Å². The van der Waals surface area contributed by atoms with E-state index in [0.717, 1.165) is 22.1 Å². The lowest BCUT2D eigenvalue weighted by molar-refractivity contribution is 1.12. The second kappa shape index (κ2) is 4.13. The van der Waals surface area contributed by atoms with Crippen molar-refractivity contribution in [3.8, 4) is 11.1 Å². The number of nitrogens with zero attached hydrogens (tertiary/aromatic N) is 1. The number of nitrogens with one attached hydrogen (secondary N) is 3. The van der Waals surface area contributed by atoms with Gasteiger partial charge in [-0.1, -0.05) is 12.1 Å². The Morgan fingerprint density at radius 2 is 2.00 bits per heavy atom. The summed E-state index contributed by atoms with van der Waals surface area (Å²) in [5, 5.41) is 12.8. The minimum absolute atomic E-state index is 1.04. The molecule has 0 amide bonds. The van der Waals surface area contributed by atoms with Crippen LogP contribution in [0.4, 0.5) is 5.69 Å². The molecule has 0 spiro atoms. The summed E-state index contributed by atoms with van der Waals surface area (Å²) in [5.41, 5.74) is 5.67. The van der Waals surface area contributed by atoms with Crippen LogP contribution >= 0.6 is 0 Å². The lowest BCUT2D eigenvalue weighted by Gasteiger charge is -2.08. The molecule has 0 bridgehead atoms. The van der Waals surface area contributed by atoms with Crippen molar-refractivity contribution in [3.05, 3.63) is 48.8 Å². The Morgan fingerprint density at radius 3 is 2.90 bits per heavy atom. The van der Waals surface area contributed by atoms with E-state index in [9.17, 15) is 0 Å². The van der Waals surface area contributed by atoms with Crippen molar-refractivity contribution in [2.24, 2.45) is 0 Å². The average Bonchev–Trinajstić information content (AvgIpc) is 3.13. The number of aromatic amines is 2. The summed E-state index contributed by atoms with van der Waals surface area (Å²) in [6.07, 6.45) is 3.82. The minimum Gasteiger partial charge on any atom is -0.388 e. The first kappa shape index (κ1) is 11.1. The van der Waals surface area contributed by atoms with Gasteiger partial charge in [-0.25, -0.2) is 0 Å². The average molecular weight is 262 g/mol. The van der Waals surface area contributed by atoms with Crippen molar-refractivity contribution < 1.29 is 0 Å². The second-order valence-electron chi connectivity index (χ2n) is 4.85. The Morgan fingerprint density at radius 1 is 1.05 bits per heavy atom. The predicted molar refractivity (Wildman–Crippen MR) is 82.9 cm³/mol. The molecule has 0 atom stereocenters. The van der Waals surface area contributed by atoms with Crippen LogP contribution in [0.3, 0.4) is 0 Å². The number of hydrogen-bond acceptors (Lipinski definition) is 2. The maximum atomic E-state index is 4.13. The molecule has 0 radical (unpaired) electrons. The first-order chi connectivity index (χ1) is 9.86. The third-order valence-electron chi connectivity index (χ3n) is 3.73. The van der Waals surface area contributed by atoms with Gasteiger partial charge < -0.3 is 10.3 Å². The number of hydrogen-bond donors (Lipinski definition) is 3. The highest BCUT2D eigenvalue weighted by Gasteiger charge is 2.09. The molecule has 2 heterocycles. The zero-order chi connectivity index (χ0) is 13.5. The van der Waals surface area contributed by atoms with Gasteiger partial charge in [0.15, 0.2) is 0 Å². The molecule has 4 nitrogen and oxygen atoms in total. The van der Waals surface area contributed by atoms with Crippen molar-refractivity contribution >= 4 is 27.5 Å². The molecule has 98 valence electrons. The summed E-state index contributed by atoms with van der Waals surface area (Å²) in [6, 6.07) is 12.7. The van der Waals surface area contributed by atoms with Gasteiger partial charge in [0.05, 0.1) is 11.7 Å². The Bertz CT molecular complexity index is 901. The summed E-state index contributed by atoms with van der Waals surface area (Å²) >= 11 is 0. The van der Waals surface area contributed by atoms with E-state index in [2.05, 4.69) is 56.9 Å². The van der Waals surface area contributed by atoms with Crippen LogP contribution in [0, 0.1) is 0 Å². The second-order valence-corrected chi connectivity index (χ2v) is 4.85. The van der Waals surface area contributed by atoms with Gasteiger partial charge in [0, 0.05) is 35.2 Å². The summed E-state index contributed by atoms with van der Waals surface area (Å²) < 4.78 is 0. The number of H-pyrrole nitrogens is 2. The highest BCUT2D eigenvalue weighted by molar-refractivity contribution is 6.00. The number of fused-ring (bicyclic) bond motifs is 2. The van der Waals surface area contributed by atoms with E-state index < -0.39 is 0 Å². The van der Waals surface area contributed by atoms with E-state index in [-0.39, 0.29) is 0 Å². The van der Waals surface area contributed by atoms with Crippen LogP contribution in [0.2, 0.25) is 0 Å². The highest BCUT2D eigenvalue weighted by Crippen LogP contribution is 2.33. The smallest absolute Gasteiger partial charge is 0.0677 e. The molecule has 0 aliphatic rings. The summed E-state index contributed by atoms with van der Waals surface area (Å²) in [4.78, 5) is 3.25. The molecule has 0 fully saturated rings. The predicted octanol–water partition coefficient (Wildman–Crippen LogP) is 3.75. The van der Waals surface area contributed by atoms with Crippen LogP contribution < -0.4 is 5.32 Å². The monoisotopic (exact) mass is 262 g/mol. The van der Waals surface area contributed by atoms with Gasteiger partial charge >= 0.3 is 0 Å². The van der Waals surface area contributed by atoms with E-state index in [0.29, 0.717) is 0 Å². The van der Waals surface area contributed by atoms with Gasteiger partial charge in [0.25, 0.3) is 0 Å². The summed E-state index contributed by atoms with van der Waals surface area (Å²) in [6.45, 7) is 0. The van der Waals surface area contributed by atoms with Crippen LogP contribution in [0.25, 0.3) is 32.9 Å². The van der Waals surface area contributed by atoms with Crippen LogP contribution in [0.1, 0.15) is 0 Å². The van der Waals surface area contributed by atoms with Crippen molar-refractivity contribution in [2.45, 2.75) is 0 Å². The lowest BCUT2D eigenvalue weighted by atomic mass is 10.00. The Balaban J connectivity index is 2.04. The van der Waals surface area contributed by atoms with Gasteiger partial charge in [-0.3, -0.25) is 5.10 Å². The van der Waals surface area contributed by atoms with Crippen LogP contribution in [0.15, 0.2) is 48.8 Å². The molecule has 0 aliphatic heterocycles. The molecule has 20 heavy (non-hydrogen) atoms. The van der Waals surface area contributed by atoms with Crippen LogP contribution in [0.5, 0.6) is 0 Å². The molecule has 0 unspecified atom stereocenters. The maximum absolute atomic E-state index is 4.13. The summed E-state index contributed by atoms with van der Waals surface area (Å²) in [5.74, 6) is 0. The third-order valence-corrected chi connectivity index (χ3v) is 3.73. The van der Waals surface area contributed by atoms with Gasteiger partial charge in [-0.2, -0.15) is 5.10 Å². The minimum atomic E-state index is 1.04. The van der Waals surface area contributed by atoms with Crippen molar-refractivity contribution in [2.75, 3.05) is 12.4 Å². The quantitative estimate of drug-likeness (QED) is 0.515. The standard InChI is InChI=1S/C16H14N4/c1-17-15-7-10(8-16-13(15)9-19-20-16)11-3-2-4-14-12(11)5-6-18-14/h2-9,17-18H,1H3,(H,19,20). The molecular formula is C16H14N4. The Labute approximate surface area is 115 Å². The molecule has 4 aromatic rings. The highest BCUT2D eigenvalue weighted by atomic mass is 15.1. The number of aromatic nitrogens is 3. The summed E-state index contributed by atoms with van der Waals surface area (Å²) in [7, 11) is 1.93. The zero-order valence-corrected chi connectivity index (χ0v) is 11.1. The number of benzene rings is 2. The topological polar surface area (TPSA) is 56.5 Å². The number of anilines is 1. The SMILES string of the molecule is CNc1cc(-c2cccc3[nH]ccc23)cc2[nH]ncc12. The van der Waals surface area contributed by atoms with Crippen LogP contribution in [-0.2, 0) is 0 Å². The van der Waals surface area contributed by atoms with E-state index in [4.69, 9.17) is 0 Å². The van der Waals surface area contributed by atoms with Gasteiger partial charge in [-0.15, -0.1) is 0 Å². The van der Waals surface area contributed by atoms with Crippen molar-refractivity contribution in [1.29, 1.82) is 0 Å². The maximum Gasteiger partial charge on any atom is 0.0677 e. The molecule has 2 aromatic heterocycles. The molecule has 0 aliphatic carbocycles. The molecule has 3 N–H and O–H groups in total.